The van der Waals surface area contributed by atoms with Gasteiger partial charge in [0, 0.05) is 5.69 Å². The van der Waals surface area contributed by atoms with Gasteiger partial charge >= 0.3 is 5.97 Å². The molecule has 0 heterocycles. The molecule has 1 amide bonds. The number of nitrogens with one attached hydrogen (secondary N) is 1. The van der Waals surface area contributed by atoms with Crippen LogP contribution in [0.3, 0.4) is 0 Å². The van der Waals surface area contributed by atoms with Gasteiger partial charge < -0.3 is 10.1 Å². The van der Waals surface area contributed by atoms with Gasteiger partial charge in [-0.1, -0.05) is 68.3 Å². The molecule has 0 saturated heterocycles. The van der Waals surface area contributed by atoms with Gasteiger partial charge in [-0.3, -0.25) is 9.59 Å². The second-order valence-electron chi connectivity index (χ2n) is 7.20. The third-order valence-electron chi connectivity index (χ3n) is 4.91. The number of hydrogen-bond acceptors (Lipinski definition) is 3. The lowest BCUT2D eigenvalue weighted by Crippen LogP contribution is -2.27. The minimum atomic E-state index is -0.369. The molecule has 0 fully saturated rings. The number of rotatable bonds is 7. The molecule has 0 bridgehead atoms. The molecule has 0 aliphatic rings. The first-order valence-corrected chi connectivity index (χ1v) is 9.42. The van der Waals surface area contributed by atoms with Gasteiger partial charge in [0.05, 0.1) is 5.92 Å². The fraction of sp³-hybridized carbons (Fsp3) is 0.391. The minimum Gasteiger partial charge on any atom is -0.455 e. The Balaban J connectivity index is 2.04. The summed E-state index contributed by atoms with van der Waals surface area (Å²) in [7, 11) is 0. The fourth-order valence-corrected chi connectivity index (χ4v) is 3.37. The van der Waals surface area contributed by atoms with Gasteiger partial charge in [-0.2, -0.15) is 0 Å². The third kappa shape index (κ3) is 5.43. The Morgan fingerprint density at radius 1 is 1.04 bits per heavy atom. The Morgan fingerprint density at radius 3 is 2.19 bits per heavy atom. The van der Waals surface area contributed by atoms with Crippen LogP contribution >= 0.6 is 0 Å². The average Bonchev–Trinajstić information content (AvgIpc) is 2.63. The molecule has 4 heteroatoms. The molecule has 0 aliphatic heterocycles. The van der Waals surface area contributed by atoms with E-state index in [9.17, 15) is 9.59 Å². The number of ether oxygens (including phenoxy) is 1. The summed E-state index contributed by atoms with van der Waals surface area (Å²) in [5, 5.41) is 2.87. The number of amides is 1. The standard InChI is InChI=1S/C23H29NO3/c1-6-16(3)21(19-10-8-7-9-11-19)23(26)27-14-20(25)24-22-17(4)12-15(2)13-18(22)5/h7-13,16,21H,6,14H2,1-5H3,(H,24,25)/t16-,21+/m0/s1. The molecular weight excluding hydrogens is 338 g/mol. The average molecular weight is 367 g/mol. The van der Waals surface area contributed by atoms with Crippen LogP contribution in [0.25, 0.3) is 0 Å². The number of benzene rings is 2. The van der Waals surface area contributed by atoms with Crippen LogP contribution in [0.2, 0.25) is 0 Å². The highest BCUT2D eigenvalue weighted by Crippen LogP contribution is 2.28. The van der Waals surface area contributed by atoms with E-state index in [2.05, 4.69) is 5.32 Å². The van der Waals surface area contributed by atoms with Crippen molar-refractivity contribution in [2.24, 2.45) is 5.92 Å². The molecule has 4 nitrogen and oxygen atoms in total. The molecule has 0 aliphatic carbocycles. The fourth-order valence-electron chi connectivity index (χ4n) is 3.37. The predicted octanol–water partition coefficient (Wildman–Crippen LogP) is 4.92. The van der Waals surface area contributed by atoms with Crippen LogP contribution in [0.4, 0.5) is 5.69 Å². The van der Waals surface area contributed by atoms with Crippen molar-refractivity contribution >= 4 is 17.6 Å². The van der Waals surface area contributed by atoms with E-state index in [4.69, 9.17) is 4.74 Å². The number of esters is 1. The topological polar surface area (TPSA) is 55.4 Å². The Labute approximate surface area is 161 Å². The summed E-state index contributed by atoms with van der Waals surface area (Å²) in [5.74, 6) is -0.922. The molecule has 1 N–H and O–H groups in total. The van der Waals surface area contributed by atoms with Crippen molar-refractivity contribution in [2.75, 3.05) is 11.9 Å². The molecule has 0 spiro atoms. The van der Waals surface area contributed by atoms with Crippen molar-refractivity contribution in [3.05, 3.63) is 64.7 Å². The van der Waals surface area contributed by atoms with E-state index in [-0.39, 0.29) is 30.3 Å². The minimum absolute atomic E-state index is 0.129. The van der Waals surface area contributed by atoms with E-state index in [1.807, 2.05) is 77.1 Å². The van der Waals surface area contributed by atoms with Crippen molar-refractivity contribution in [3.8, 4) is 0 Å². The van der Waals surface area contributed by atoms with Crippen molar-refractivity contribution < 1.29 is 14.3 Å². The normalized spacial score (nSPS) is 12.9. The van der Waals surface area contributed by atoms with Crippen molar-refractivity contribution in [3.63, 3.8) is 0 Å². The predicted molar refractivity (Wildman–Crippen MR) is 109 cm³/mol. The van der Waals surface area contributed by atoms with Gasteiger partial charge in [-0.25, -0.2) is 0 Å². The first-order valence-electron chi connectivity index (χ1n) is 9.42. The van der Waals surface area contributed by atoms with E-state index in [1.54, 1.807) is 0 Å². The zero-order valence-electron chi connectivity index (χ0n) is 16.8. The highest BCUT2D eigenvalue weighted by molar-refractivity contribution is 5.94. The smallest absolute Gasteiger partial charge is 0.314 e. The van der Waals surface area contributed by atoms with E-state index in [1.165, 1.54) is 0 Å². The number of carbonyl (C=O) groups excluding carboxylic acids is 2. The lowest BCUT2D eigenvalue weighted by Gasteiger charge is -2.22. The zero-order valence-corrected chi connectivity index (χ0v) is 16.8. The molecule has 0 radical (unpaired) electrons. The first kappa shape index (κ1) is 20.7. The van der Waals surface area contributed by atoms with E-state index in [0.717, 1.165) is 34.4 Å². The Hall–Kier alpha value is -2.62. The monoisotopic (exact) mass is 367 g/mol. The van der Waals surface area contributed by atoms with E-state index in [0.29, 0.717) is 0 Å². The van der Waals surface area contributed by atoms with Crippen LogP contribution in [-0.2, 0) is 14.3 Å². The number of anilines is 1. The van der Waals surface area contributed by atoms with Gasteiger partial charge in [0.25, 0.3) is 5.91 Å². The maximum atomic E-state index is 12.7. The summed E-state index contributed by atoms with van der Waals surface area (Å²) in [5.41, 5.74) is 4.84. The van der Waals surface area contributed by atoms with Crippen molar-refractivity contribution in [1.82, 2.24) is 0 Å². The van der Waals surface area contributed by atoms with Crippen molar-refractivity contribution in [2.45, 2.75) is 47.0 Å². The van der Waals surface area contributed by atoms with Gasteiger partial charge in [-0.05, 0) is 43.4 Å². The molecule has 144 valence electrons. The molecule has 0 saturated carbocycles. The quantitative estimate of drug-likeness (QED) is 0.707. The summed E-state index contributed by atoms with van der Waals surface area (Å²) in [4.78, 5) is 25.0. The second-order valence-corrected chi connectivity index (χ2v) is 7.20. The van der Waals surface area contributed by atoms with Gasteiger partial charge in [0.15, 0.2) is 6.61 Å². The Bertz CT molecular complexity index is 776. The molecule has 2 aromatic rings. The molecular formula is C23H29NO3. The van der Waals surface area contributed by atoms with Crippen LogP contribution in [0.5, 0.6) is 0 Å². The number of hydrogen-bond donors (Lipinski definition) is 1. The van der Waals surface area contributed by atoms with E-state index >= 15 is 0 Å². The Morgan fingerprint density at radius 2 is 1.63 bits per heavy atom. The first-order chi connectivity index (χ1) is 12.8. The summed E-state index contributed by atoms with van der Waals surface area (Å²) in [6.45, 7) is 9.71. The summed E-state index contributed by atoms with van der Waals surface area (Å²) >= 11 is 0. The van der Waals surface area contributed by atoms with Crippen LogP contribution in [-0.4, -0.2) is 18.5 Å². The third-order valence-corrected chi connectivity index (χ3v) is 4.91. The van der Waals surface area contributed by atoms with Crippen LogP contribution in [0.1, 0.15) is 48.4 Å². The van der Waals surface area contributed by atoms with Crippen LogP contribution < -0.4 is 5.32 Å². The lowest BCUT2D eigenvalue weighted by atomic mass is 9.86. The van der Waals surface area contributed by atoms with Crippen LogP contribution in [0, 0.1) is 26.7 Å². The lowest BCUT2D eigenvalue weighted by molar-refractivity contribution is -0.150. The van der Waals surface area contributed by atoms with E-state index < -0.39 is 0 Å². The zero-order chi connectivity index (χ0) is 20.0. The maximum Gasteiger partial charge on any atom is 0.314 e. The molecule has 0 unspecified atom stereocenters. The highest BCUT2D eigenvalue weighted by Gasteiger charge is 2.27. The molecule has 2 atom stereocenters. The molecule has 27 heavy (non-hydrogen) atoms. The SMILES string of the molecule is CC[C@H](C)[C@@H](C(=O)OCC(=O)Nc1c(C)cc(C)cc1C)c1ccccc1. The summed E-state index contributed by atoms with van der Waals surface area (Å²) in [6.07, 6.45) is 0.850. The highest BCUT2D eigenvalue weighted by atomic mass is 16.5. The van der Waals surface area contributed by atoms with Crippen LogP contribution in [0.15, 0.2) is 42.5 Å². The molecule has 2 aromatic carbocycles. The van der Waals surface area contributed by atoms with Gasteiger partial charge in [0.2, 0.25) is 0 Å². The second kappa shape index (κ2) is 9.36. The largest absolute Gasteiger partial charge is 0.455 e. The molecule has 0 aromatic heterocycles. The summed E-state index contributed by atoms with van der Waals surface area (Å²) in [6, 6.07) is 13.6. The van der Waals surface area contributed by atoms with Gasteiger partial charge in [0.1, 0.15) is 0 Å². The number of aryl methyl sites for hydroxylation is 3. The Kier molecular flexibility index (Phi) is 7.17. The summed E-state index contributed by atoms with van der Waals surface area (Å²) < 4.78 is 5.37. The molecule has 2 rings (SSSR count). The van der Waals surface area contributed by atoms with Gasteiger partial charge in [-0.15, -0.1) is 0 Å². The van der Waals surface area contributed by atoms with Crippen molar-refractivity contribution in [1.29, 1.82) is 0 Å². The number of carbonyl (C=O) groups is 2. The maximum absolute atomic E-state index is 12.7.